The molecule has 0 bridgehead atoms. The van der Waals surface area contributed by atoms with Crippen LogP contribution in [0.2, 0.25) is 0 Å². The molecule has 4 rings (SSSR count). The number of ketones is 3. The first-order chi connectivity index (χ1) is 15.5. The number of hydrogen-bond acceptors (Lipinski definition) is 7. The van der Waals surface area contributed by atoms with E-state index in [1.165, 1.54) is 13.8 Å². The highest BCUT2D eigenvalue weighted by atomic mass is 16.2. The van der Waals surface area contributed by atoms with Gasteiger partial charge in [0, 0.05) is 25.1 Å². The van der Waals surface area contributed by atoms with Crippen LogP contribution < -0.4 is 0 Å². The van der Waals surface area contributed by atoms with E-state index < -0.39 is 23.9 Å². The first kappa shape index (κ1) is 21.6. The molecular weight excluding hydrogens is 404 g/mol. The molecular formula is C25H24N4O3. The summed E-state index contributed by atoms with van der Waals surface area (Å²) >= 11 is 0. The number of pyridine rings is 3. The average Bonchev–Trinajstić information content (AvgIpc) is 2.80. The van der Waals surface area contributed by atoms with Crippen LogP contribution in [0, 0.1) is 11.8 Å². The first-order valence-electron chi connectivity index (χ1n) is 10.5. The van der Waals surface area contributed by atoms with Gasteiger partial charge in [0.25, 0.3) is 0 Å². The van der Waals surface area contributed by atoms with Crippen molar-refractivity contribution in [1.82, 2.24) is 19.9 Å². The minimum absolute atomic E-state index is 0.289. The number of carbonyl (C=O) groups excluding carboxylic acids is 3. The number of rotatable bonds is 6. The van der Waals surface area contributed by atoms with Gasteiger partial charge in [0.1, 0.15) is 11.6 Å². The van der Waals surface area contributed by atoms with Crippen molar-refractivity contribution in [3.63, 3.8) is 0 Å². The summed E-state index contributed by atoms with van der Waals surface area (Å²) in [6, 6.07) is 15.1. The molecule has 1 aliphatic heterocycles. The molecule has 0 spiro atoms. The second-order valence-electron chi connectivity index (χ2n) is 7.97. The molecule has 3 aromatic heterocycles. The Morgan fingerprint density at radius 1 is 0.750 bits per heavy atom. The third-order valence-corrected chi connectivity index (χ3v) is 5.89. The molecule has 0 aromatic carbocycles. The second-order valence-corrected chi connectivity index (χ2v) is 7.97. The molecule has 0 aliphatic carbocycles. The summed E-state index contributed by atoms with van der Waals surface area (Å²) in [5, 5.41) is 0. The minimum Gasteiger partial charge on any atom is -0.299 e. The van der Waals surface area contributed by atoms with Crippen LogP contribution >= 0.6 is 0 Å². The summed E-state index contributed by atoms with van der Waals surface area (Å²) in [4.78, 5) is 54.6. The van der Waals surface area contributed by atoms with Gasteiger partial charge in [0.2, 0.25) is 0 Å². The maximum Gasteiger partial charge on any atom is 0.157 e. The van der Waals surface area contributed by atoms with Gasteiger partial charge in [-0.25, -0.2) is 0 Å². The van der Waals surface area contributed by atoms with E-state index in [-0.39, 0.29) is 17.3 Å². The minimum atomic E-state index is -1.01. The summed E-state index contributed by atoms with van der Waals surface area (Å²) in [7, 11) is 0. The van der Waals surface area contributed by atoms with Crippen LogP contribution in [0.3, 0.4) is 0 Å². The molecule has 7 nitrogen and oxygen atoms in total. The lowest BCUT2D eigenvalue weighted by molar-refractivity contribution is -0.152. The number of nitrogens with zero attached hydrogens (tertiary/aromatic N) is 4. The molecule has 4 heterocycles. The maximum absolute atomic E-state index is 13.6. The molecule has 3 aromatic rings. The molecule has 4 unspecified atom stereocenters. The van der Waals surface area contributed by atoms with Crippen LogP contribution in [0.5, 0.6) is 0 Å². The van der Waals surface area contributed by atoms with Gasteiger partial charge in [-0.05, 0) is 50.2 Å². The first-order valence-corrected chi connectivity index (χ1v) is 10.5. The Balaban J connectivity index is 1.94. The van der Waals surface area contributed by atoms with E-state index in [2.05, 4.69) is 15.0 Å². The van der Waals surface area contributed by atoms with E-state index in [1.54, 1.807) is 30.7 Å². The van der Waals surface area contributed by atoms with Crippen molar-refractivity contribution in [1.29, 1.82) is 0 Å². The number of hydrogen-bond donors (Lipinski definition) is 0. The van der Waals surface area contributed by atoms with Crippen molar-refractivity contribution in [2.45, 2.75) is 32.5 Å². The Morgan fingerprint density at radius 2 is 1.22 bits per heavy atom. The molecule has 162 valence electrons. The van der Waals surface area contributed by atoms with E-state index in [0.29, 0.717) is 17.9 Å². The van der Waals surface area contributed by atoms with E-state index in [1.807, 2.05) is 47.4 Å². The monoisotopic (exact) mass is 428 g/mol. The second kappa shape index (κ2) is 9.28. The van der Waals surface area contributed by atoms with Crippen LogP contribution in [0.15, 0.2) is 73.2 Å². The predicted molar refractivity (Wildman–Crippen MR) is 117 cm³/mol. The smallest absolute Gasteiger partial charge is 0.157 e. The van der Waals surface area contributed by atoms with E-state index in [9.17, 15) is 14.4 Å². The van der Waals surface area contributed by atoms with Crippen LogP contribution in [0.1, 0.15) is 43.0 Å². The molecule has 0 radical (unpaired) electrons. The molecule has 1 saturated heterocycles. The van der Waals surface area contributed by atoms with Crippen LogP contribution in [-0.4, -0.2) is 37.2 Å². The fraction of sp³-hybridized carbons (Fsp3) is 0.280. The Labute approximate surface area is 186 Å². The SMILES string of the molecule is CC(=O)C1C(=O)C(C(C)=O)C(c2ccccn2)N(Cc2ccccn2)C1c1ccccn1. The molecule has 7 heteroatoms. The van der Waals surface area contributed by atoms with Gasteiger partial charge in [-0.15, -0.1) is 0 Å². The summed E-state index contributed by atoms with van der Waals surface area (Å²) in [6.07, 6.45) is 4.98. The lowest BCUT2D eigenvalue weighted by Crippen LogP contribution is -2.54. The number of likely N-dealkylation sites (tertiary alicyclic amines) is 1. The summed E-state index contributed by atoms with van der Waals surface area (Å²) in [5.74, 6) is -2.98. The van der Waals surface area contributed by atoms with Crippen molar-refractivity contribution in [3.05, 3.63) is 90.3 Å². The number of Topliss-reactive ketones (excluding diaryl/α,β-unsaturated/α-hetero) is 3. The topological polar surface area (TPSA) is 93.1 Å². The van der Waals surface area contributed by atoms with Crippen LogP contribution in [-0.2, 0) is 20.9 Å². The highest BCUT2D eigenvalue weighted by Gasteiger charge is 2.53. The zero-order valence-corrected chi connectivity index (χ0v) is 18.0. The third kappa shape index (κ3) is 4.11. The Kier molecular flexibility index (Phi) is 6.28. The standard InChI is InChI=1S/C25H24N4O3/c1-16(30)21-23(19-10-4-7-13-27-19)29(15-18-9-3-6-12-26-18)24(20-11-5-8-14-28-20)22(17(2)31)25(21)32/h3-14,21-24H,15H2,1-2H3. The van der Waals surface area contributed by atoms with Gasteiger partial charge in [-0.2, -0.15) is 0 Å². The number of carbonyl (C=O) groups is 3. The van der Waals surface area contributed by atoms with Crippen molar-refractivity contribution < 1.29 is 14.4 Å². The highest BCUT2D eigenvalue weighted by Crippen LogP contribution is 2.46. The third-order valence-electron chi connectivity index (χ3n) is 5.89. The van der Waals surface area contributed by atoms with Crippen LogP contribution in [0.25, 0.3) is 0 Å². The zero-order chi connectivity index (χ0) is 22.7. The molecule has 0 amide bonds. The lowest BCUT2D eigenvalue weighted by atomic mass is 9.71. The molecule has 1 fully saturated rings. The normalized spacial score (nSPS) is 23.6. The van der Waals surface area contributed by atoms with Gasteiger partial charge >= 0.3 is 0 Å². The van der Waals surface area contributed by atoms with Crippen molar-refractivity contribution >= 4 is 17.3 Å². The average molecular weight is 428 g/mol. The van der Waals surface area contributed by atoms with Crippen molar-refractivity contribution in [2.75, 3.05) is 0 Å². The predicted octanol–water partition coefficient (Wildman–Crippen LogP) is 3.15. The number of aromatic nitrogens is 3. The molecule has 0 N–H and O–H groups in total. The maximum atomic E-state index is 13.6. The van der Waals surface area contributed by atoms with Crippen molar-refractivity contribution in [3.8, 4) is 0 Å². The molecule has 32 heavy (non-hydrogen) atoms. The molecule has 0 saturated carbocycles. The van der Waals surface area contributed by atoms with E-state index >= 15 is 0 Å². The Morgan fingerprint density at radius 3 is 1.59 bits per heavy atom. The largest absolute Gasteiger partial charge is 0.299 e. The highest BCUT2D eigenvalue weighted by molar-refractivity contribution is 6.12. The molecule has 1 aliphatic rings. The molecule has 4 atom stereocenters. The fourth-order valence-corrected chi connectivity index (χ4v) is 4.56. The van der Waals surface area contributed by atoms with E-state index in [4.69, 9.17) is 0 Å². The van der Waals surface area contributed by atoms with Crippen LogP contribution in [0.4, 0.5) is 0 Å². The zero-order valence-electron chi connectivity index (χ0n) is 18.0. The van der Waals surface area contributed by atoms with Gasteiger partial charge in [0.05, 0.1) is 41.0 Å². The quantitative estimate of drug-likeness (QED) is 0.557. The lowest BCUT2D eigenvalue weighted by Gasteiger charge is -2.47. The summed E-state index contributed by atoms with van der Waals surface area (Å²) < 4.78 is 0. The van der Waals surface area contributed by atoms with Gasteiger partial charge < -0.3 is 0 Å². The number of piperidine rings is 1. The fourth-order valence-electron chi connectivity index (χ4n) is 4.56. The van der Waals surface area contributed by atoms with Gasteiger partial charge in [-0.3, -0.25) is 34.2 Å². The Hall–Kier alpha value is -3.58. The summed E-state index contributed by atoms with van der Waals surface area (Å²) in [6.45, 7) is 3.12. The van der Waals surface area contributed by atoms with Crippen molar-refractivity contribution in [2.24, 2.45) is 11.8 Å². The summed E-state index contributed by atoms with van der Waals surface area (Å²) in [5.41, 5.74) is 1.95. The van der Waals surface area contributed by atoms with E-state index in [0.717, 1.165) is 5.69 Å². The van der Waals surface area contributed by atoms with Gasteiger partial charge in [0.15, 0.2) is 5.78 Å². The van der Waals surface area contributed by atoms with Gasteiger partial charge in [-0.1, -0.05) is 18.2 Å². The Bertz CT molecular complexity index is 1040.